The SMILES string of the molecule is CC1CCC(CN)(CNC2(C)CCCC2)CC1. The van der Waals surface area contributed by atoms with Crippen LogP contribution < -0.4 is 11.1 Å². The molecule has 0 aromatic rings. The highest BCUT2D eigenvalue weighted by Crippen LogP contribution is 2.39. The second-order valence-corrected chi connectivity index (χ2v) is 7.01. The Labute approximate surface area is 107 Å². The van der Waals surface area contributed by atoms with Crippen LogP contribution in [0, 0.1) is 11.3 Å². The number of hydrogen-bond donors (Lipinski definition) is 2. The molecule has 2 aliphatic carbocycles. The lowest BCUT2D eigenvalue weighted by atomic mass is 9.70. The topological polar surface area (TPSA) is 38.0 Å². The fraction of sp³-hybridized carbons (Fsp3) is 1.00. The average molecular weight is 238 g/mol. The summed E-state index contributed by atoms with van der Waals surface area (Å²) in [7, 11) is 0. The van der Waals surface area contributed by atoms with Crippen LogP contribution in [0.3, 0.4) is 0 Å². The van der Waals surface area contributed by atoms with Crippen molar-refractivity contribution in [2.45, 2.75) is 70.8 Å². The van der Waals surface area contributed by atoms with E-state index in [4.69, 9.17) is 5.73 Å². The van der Waals surface area contributed by atoms with Crippen LogP contribution in [0.2, 0.25) is 0 Å². The summed E-state index contributed by atoms with van der Waals surface area (Å²) >= 11 is 0. The van der Waals surface area contributed by atoms with Crippen LogP contribution in [-0.2, 0) is 0 Å². The fourth-order valence-corrected chi connectivity index (χ4v) is 3.56. The van der Waals surface area contributed by atoms with Gasteiger partial charge < -0.3 is 11.1 Å². The van der Waals surface area contributed by atoms with Gasteiger partial charge >= 0.3 is 0 Å². The van der Waals surface area contributed by atoms with Crippen molar-refractivity contribution in [3.63, 3.8) is 0 Å². The van der Waals surface area contributed by atoms with E-state index in [9.17, 15) is 0 Å². The third-order valence-corrected chi connectivity index (χ3v) is 5.37. The molecule has 0 aliphatic heterocycles. The highest BCUT2D eigenvalue weighted by Gasteiger charge is 2.36. The van der Waals surface area contributed by atoms with Crippen molar-refractivity contribution in [1.82, 2.24) is 5.32 Å². The minimum absolute atomic E-state index is 0.401. The standard InChI is InChI=1S/C15H30N2/c1-13-5-9-15(11-16,10-6-13)12-17-14(2)7-3-4-8-14/h13,17H,3-12,16H2,1-2H3. The smallest absolute Gasteiger partial charge is 0.0153 e. The van der Waals surface area contributed by atoms with Crippen LogP contribution in [0.25, 0.3) is 0 Å². The van der Waals surface area contributed by atoms with E-state index in [-0.39, 0.29) is 0 Å². The largest absolute Gasteiger partial charge is 0.330 e. The van der Waals surface area contributed by atoms with Crippen LogP contribution in [0.15, 0.2) is 0 Å². The van der Waals surface area contributed by atoms with Crippen LogP contribution >= 0.6 is 0 Å². The Hall–Kier alpha value is -0.0800. The summed E-state index contributed by atoms with van der Waals surface area (Å²) in [5, 5.41) is 3.85. The first-order valence-corrected chi connectivity index (χ1v) is 7.53. The highest BCUT2D eigenvalue weighted by atomic mass is 15.0. The molecule has 2 fully saturated rings. The summed E-state index contributed by atoms with van der Waals surface area (Å²) in [5.41, 5.74) is 6.88. The van der Waals surface area contributed by atoms with Crippen molar-refractivity contribution >= 4 is 0 Å². The van der Waals surface area contributed by atoms with E-state index in [0.717, 1.165) is 19.0 Å². The summed E-state index contributed by atoms with van der Waals surface area (Å²) in [6.45, 7) is 6.79. The summed E-state index contributed by atoms with van der Waals surface area (Å²) < 4.78 is 0. The van der Waals surface area contributed by atoms with Gasteiger partial charge in [-0.05, 0) is 50.5 Å². The van der Waals surface area contributed by atoms with Crippen LogP contribution in [0.1, 0.15) is 65.2 Å². The Balaban J connectivity index is 1.86. The second kappa shape index (κ2) is 5.27. The molecule has 17 heavy (non-hydrogen) atoms. The van der Waals surface area contributed by atoms with Crippen molar-refractivity contribution < 1.29 is 0 Å². The molecule has 100 valence electrons. The third-order valence-electron chi connectivity index (χ3n) is 5.37. The molecular weight excluding hydrogens is 208 g/mol. The first-order chi connectivity index (χ1) is 8.08. The monoisotopic (exact) mass is 238 g/mol. The molecule has 0 spiro atoms. The molecule has 3 N–H and O–H groups in total. The average Bonchev–Trinajstić information content (AvgIpc) is 2.77. The van der Waals surface area contributed by atoms with E-state index >= 15 is 0 Å². The lowest BCUT2D eigenvalue weighted by Crippen LogP contribution is -2.49. The molecule has 2 heteroatoms. The predicted molar refractivity (Wildman–Crippen MR) is 74.0 cm³/mol. The maximum atomic E-state index is 6.07. The Morgan fingerprint density at radius 3 is 2.24 bits per heavy atom. The van der Waals surface area contributed by atoms with Gasteiger partial charge in [-0.1, -0.05) is 32.6 Å². The van der Waals surface area contributed by atoms with E-state index in [0.29, 0.717) is 11.0 Å². The van der Waals surface area contributed by atoms with Gasteiger partial charge in [-0.25, -0.2) is 0 Å². The van der Waals surface area contributed by atoms with E-state index in [2.05, 4.69) is 19.2 Å². The van der Waals surface area contributed by atoms with Gasteiger partial charge in [-0.3, -0.25) is 0 Å². The molecule has 0 saturated heterocycles. The molecule has 0 heterocycles. The van der Waals surface area contributed by atoms with Crippen molar-refractivity contribution in [3.05, 3.63) is 0 Å². The van der Waals surface area contributed by atoms with Crippen LogP contribution in [0.4, 0.5) is 0 Å². The molecule has 0 unspecified atom stereocenters. The molecule has 2 nitrogen and oxygen atoms in total. The van der Waals surface area contributed by atoms with Gasteiger partial charge in [0, 0.05) is 12.1 Å². The Morgan fingerprint density at radius 2 is 1.71 bits per heavy atom. The van der Waals surface area contributed by atoms with Gasteiger partial charge in [-0.2, -0.15) is 0 Å². The molecule has 2 aliphatic rings. The minimum atomic E-state index is 0.401. The fourth-order valence-electron chi connectivity index (χ4n) is 3.56. The number of nitrogens with one attached hydrogen (secondary N) is 1. The van der Waals surface area contributed by atoms with Gasteiger partial charge in [0.2, 0.25) is 0 Å². The van der Waals surface area contributed by atoms with E-state index < -0.39 is 0 Å². The summed E-state index contributed by atoms with van der Waals surface area (Å²) in [4.78, 5) is 0. The van der Waals surface area contributed by atoms with Gasteiger partial charge in [0.1, 0.15) is 0 Å². The lowest BCUT2D eigenvalue weighted by molar-refractivity contribution is 0.143. The first-order valence-electron chi connectivity index (χ1n) is 7.53. The second-order valence-electron chi connectivity index (χ2n) is 7.01. The Morgan fingerprint density at radius 1 is 1.12 bits per heavy atom. The quantitative estimate of drug-likeness (QED) is 0.790. The van der Waals surface area contributed by atoms with E-state index in [1.165, 1.54) is 51.4 Å². The molecule has 0 atom stereocenters. The van der Waals surface area contributed by atoms with Crippen molar-refractivity contribution in [1.29, 1.82) is 0 Å². The van der Waals surface area contributed by atoms with Gasteiger partial charge in [0.15, 0.2) is 0 Å². The third kappa shape index (κ3) is 3.23. The van der Waals surface area contributed by atoms with Crippen LogP contribution in [0.5, 0.6) is 0 Å². The van der Waals surface area contributed by atoms with Gasteiger partial charge in [0.25, 0.3) is 0 Å². The number of rotatable bonds is 4. The zero-order valence-electron chi connectivity index (χ0n) is 11.7. The zero-order valence-corrected chi connectivity index (χ0v) is 11.7. The van der Waals surface area contributed by atoms with Crippen molar-refractivity contribution in [3.8, 4) is 0 Å². The summed E-state index contributed by atoms with van der Waals surface area (Å²) in [6.07, 6.45) is 10.9. The Kier molecular flexibility index (Phi) is 4.14. The molecular formula is C15H30N2. The Bertz CT molecular complexity index is 235. The van der Waals surface area contributed by atoms with E-state index in [1.54, 1.807) is 0 Å². The van der Waals surface area contributed by atoms with Gasteiger partial charge in [0.05, 0.1) is 0 Å². The van der Waals surface area contributed by atoms with Crippen molar-refractivity contribution in [2.24, 2.45) is 17.1 Å². The highest BCUT2D eigenvalue weighted by molar-refractivity contribution is 4.93. The van der Waals surface area contributed by atoms with Gasteiger partial charge in [-0.15, -0.1) is 0 Å². The molecule has 0 bridgehead atoms. The first kappa shape index (κ1) is 13.4. The molecule has 2 rings (SSSR count). The number of hydrogen-bond acceptors (Lipinski definition) is 2. The molecule has 2 saturated carbocycles. The minimum Gasteiger partial charge on any atom is -0.330 e. The molecule has 0 aromatic heterocycles. The maximum absolute atomic E-state index is 6.07. The van der Waals surface area contributed by atoms with Crippen molar-refractivity contribution in [2.75, 3.05) is 13.1 Å². The molecule has 0 aromatic carbocycles. The predicted octanol–water partition coefficient (Wildman–Crippen LogP) is 3.06. The lowest BCUT2D eigenvalue weighted by Gasteiger charge is -2.41. The van der Waals surface area contributed by atoms with E-state index in [1.807, 2.05) is 0 Å². The number of nitrogens with two attached hydrogens (primary N) is 1. The summed E-state index contributed by atoms with van der Waals surface area (Å²) in [6, 6.07) is 0. The van der Waals surface area contributed by atoms with Crippen LogP contribution in [-0.4, -0.2) is 18.6 Å². The maximum Gasteiger partial charge on any atom is 0.0153 e. The summed E-state index contributed by atoms with van der Waals surface area (Å²) in [5.74, 6) is 0.914. The molecule has 0 radical (unpaired) electrons. The molecule has 0 amide bonds. The normalized spacial score (nSPS) is 37.2. The zero-order chi connectivity index (χ0) is 12.4.